The second kappa shape index (κ2) is 20.0. The SMILES string of the molecule is CCCCCCCCCCCC[B-](c1ccc(C)cc1)(c1ccc(C)cc1)c1ccc(C)cc1.CCCC[n+]1cccc2ccccc21. The molecule has 1 heterocycles. The Morgan fingerprint density at radius 1 is 0.438 bits per heavy atom. The molecule has 0 aliphatic heterocycles. The number of aromatic nitrogens is 1. The number of unbranched alkanes of at least 4 members (excludes halogenated alkanes) is 10. The Bertz CT molecular complexity index is 1490. The summed E-state index contributed by atoms with van der Waals surface area (Å²) in [5.74, 6) is 0. The number of hydrogen-bond donors (Lipinski definition) is 0. The highest BCUT2D eigenvalue weighted by Gasteiger charge is 2.29. The molecule has 0 amide bonds. The minimum Gasteiger partial charge on any atom is -0.200 e. The Kier molecular flexibility index (Phi) is 15.5. The molecule has 0 saturated heterocycles. The number of para-hydroxylation sites is 1. The van der Waals surface area contributed by atoms with Gasteiger partial charge in [-0.25, -0.2) is 0 Å². The Hall–Kier alpha value is -3.65. The van der Waals surface area contributed by atoms with Gasteiger partial charge in [0.15, 0.2) is 6.20 Å². The van der Waals surface area contributed by atoms with Crippen molar-refractivity contribution < 1.29 is 4.57 Å². The van der Waals surface area contributed by atoms with Crippen molar-refractivity contribution in [3.8, 4) is 0 Å². The van der Waals surface area contributed by atoms with Crippen molar-refractivity contribution in [3.63, 3.8) is 0 Å². The number of aryl methyl sites for hydroxylation is 4. The molecule has 48 heavy (non-hydrogen) atoms. The van der Waals surface area contributed by atoms with Crippen molar-refractivity contribution in [2.45, 2.75) is 125 Å². The Morgan fingerprint density at radius 2 is 0.854 bits per heavy atom. The van der Waals surface area contributed by atoms with Gasteiger partial charge in [-0.2, -0.15) is 27.3 Å². The third kappa shape index (κ3) is 10.7. The molecule has 0 atom stereocenters. The minimum absolute atomic E-state index is 0.993. The van der Waals surface area contributed by atoms with Gasteiger partial charge in [-0.1, -0.05) is 186 Å². The van der Waals surface area contributed by atoms with E-state index in [0.29, 0.717) is 0 Å². The van der Waals surface area contributed by atoms with Crippen molar-refractivity contribution >= 4 is 33.4 Å². The van der Waals surface area contributed by atoms with E-state index in [4.69, 9.17) is 0 Å². The van der Waals surface area contributed by atoms with Crippen LogP contribution >= 0.6 is 0 Å². The molecule has 1 nitrogen and oxygen atoms in total. The first-order chi connectivity index (χ1) is 23.5. The summed E-state index contributed by atoms with van der Waals surface area (Å²) in [5.41, 5.74) is 9.78. The summed E-state index contributed by atoms with van der Waals surface area (Å²) in [5, 5.41) is 1.33. The average molecular weight is 640 g/mol. The largest absolute Gasteiger partial charge is 0.212 e. The lowest BCUT2D eigenvalue weighted by atomic mass is 9.14. The maximum absolute atomic E-state index is 2.39. The molecule has 0 N–H and O–H groups in total. The number of rotatable bonds is 17. The summed E-state index contributed by atoms with van der Waals surface area (Å²) in [7, 11) is 0. The molecule has 1 aromatic heterocycles. The van der Waals surface area contributed by atoms with Crippen molar-refractivity contribution in [2.24, 2.45) is 0 Å². The molecule has 2 heteroatoms. The van der Waals surface area contributed by atoms with Gasteiger partial charge in [0, 0.05) is 23.9 Å². The predicted octanol–water partition coefficient (Wildman–Crippen LogP) is 10.9. The van der Waals surface area contributed by atoms with Gasteiger partial charge in [0.25, 0.3) is 0 Å². The maximum atomic E-state index is 2.39. The van der Waals surface area contributed by atoms with E-state index < -0.39 is 6.15 Å². The fraction of sp³-hybridized carbons (Fsp3) is 0.413. The van der Waals surface area contributed by atoms with Crippen molar-refractivity contribution in [2.75, 3.05) is 0 Å². The zero-order valence-electron chi connectivity index (χ0n) is 30.9. The molecule has 0 spiro atoms. The topological polar surface area (TPSA) is 3.88 Å². The van der Waals surface area contributed by atoms with Crippen molar-refractivity contribution in [1.82, 2.24) is 0 Å². The number of nitrogens with zero attached hydrogens (tertiary/aromatic N) is 1. The van der Waals surface area contributed by atoms with E-state index in [9.17, 15) is 0 Å². The first-order valence-electron chi connectivity index (χ1n) is 19.2. The van der Waals surface area contributed by atoms with E-state index in [1.807, 2.05) is 0 Å². The van der Waals surface area contributed by atoms with Crippen LogP contribution in [0.4, 0.5) is 0 Å². The van der Waals surface area contributed by atoms with Gasteiger partial charge < -0.3 is 0 Å². The predicted molar refractivity (Wildman–Crippen MR) is 214 cm³/mol. The normalized spacial score (nSPS) is 11.4. The van der Waals surface area contributed by atoms with Crippen LogP contribution in [-0.4, -0.2) is 6.15 Å². The Balaban J connectivity index is 0.000000307. The molecular formula is C46H62BN. The van der Waals surface area contributed by atoms with Gasteiger partial charge in [0.1, 0.15) is 6.54 Å². The summed E-state index contributed by atoms with van der Waals surface area (Å²) in [6, 6.07) is 41.0. The van der Waals surface area contributed by atoms with Crippen LogP contribution in [0.3, 0.4) is 0 Å². The van der Waals surface area contributed by atoms with Gasteiger partial charge >= 0.3 is 0 Å². The van der Waals surface area contributed by atoms with E-state index in [1.54, 1.807) is 0 Å². The smallest absolute Gasteiger partial charge is 0.200 e. The summed E-state index contributed by atoms with van der Waals surface area (Å²) in [6.45, 7) is 12.2. The molecule has 0 bridgehead atoms. The number of benzene rings is 4. The second-order valence-electron chi connectivity index (χ2n) is 14.4. The van der Waals surface area contributed by atoms with Gasteiger partial charge in [0.05, 0.1) is 6.15 Å². The average Bonchev–Trinajstić information content (AvgIpc) is 3.11. The molecule has 5 aromatic rings. The zero-order chi connectivity index (χ0) is 34.0. The fourth-order valence-corrected chi connectivity index (χ4v) is 7.44. The first-order valence-corrected chi connectivity index (χ1v) is 19.2. The minimum atomic E-state index is -0.993. The zero-order valence-corrected chi connectivity index (χ0v) is 30.9. The molecule has 0 aliphatic carbocycles. The molecule has 4 aromatic carbocycles. The summed E-state index contributed by atoms with van der Waals surface area (Å²) in [4.78, 5) is 0. The second-order valence-corrected chi connectivity index (χ2v) is 14.4. The highest BCUT2D eigenvalue weighted by Crippen LogP contribution is 2.20. The summed E-state index contributed by atoms with van der Waals surface area (Å²) >= 11 is 0. The molecule has 0 aliphatic rings. The monoisotopic (exact) mass is 639 g/mol. The highest BCUT2D eigenvalue weighted by molar-refractivity contribution is 7.11. The molecular weight excluding hydrogens is 577 g/mol. The molecule has 0 radical (unpaired) electrons. The third-order valence-corrected chi connectivity index (χ3v) is 10.5. The lowest BCUT2D eigenvalue weighted by Crippen LogP contribution is -2.67. The van der Waals surface area contributed by atoms with Crippen LogP contribution in [0.1, 0.15) is 108 Å². The number of hydrogen-bond acceptors (Lipinski definition) is 0. The third-order valence-electron chi connectivity index (χ3n) is 10.5. The molecule has 0 fully saturated rings. The molecule has 254 valence electrons. The maximum Gasteiger partial charge on any atom is 0.212 e. The first kappa shape index (κ1) is 37.2. The van der Waals surface area contributed by atoms with Crippen molar-refractivity contribution in [1.29, 1.82) is 0 Å². The van der Waals surface area contributed by atoms with E-state index >= 15 is 0 Å². The van der Waals surface area contributed by atoms with Crippen LogP contribution < -0.4 is 21.0 Å². The lowest BCUT2D eigenvalue weighted by Gasteiger charge is -2.43. The Morgan fingerprint density at radius 3 is 1.33 bits per heavy atom. The molecule has 5 rings (SSSR count). The molecule has 0 unspecified atom stereocenters. The van der Waals surface area contributed by atoms with Crippen molar-refractivity contribution in [3.05, 3.63) is 132 Å². The van der Waals surface area contributed by atoms with Gasteiger partial charge in [0.2, 0.25) is 5.52 Å². The van der Waals surface area contributed by atoms with Crippen LogP contribution in [0.2, 0.25) is 6.32 Å². The Labute approximate surface area is 293 Å². The van der Waals surface area contributed by atoms with Crippen LogP contribution in [0.5, 0.6) is 0 Å². The quantitative estimate of drug-likeness (QED) is 0.0541. The number of pyridine rings is 1. The van der Waals surface area contributed by atoms with E-state index in [1.165, 1.54) is 127 Å². The van der Waals surface area contributed by atoms with Crippen LogP contribution in [0, 0.1) is 20.8 Å². The summed E-state index contributed by atoms with van der Waals surface area (Å²) < 4.78 is 2.33. The fourth-order valence-electron chi connectivity index (χ4n) is 7.44. The van der Waals surface area contributed by atoms with Crippen LogP contribution in [0.15, 0.2) is 115 Å². The van der Waals surface area contributed by atoms with Crippen LogP contribution in [-0.2, 0) is 6.54 Å². The molecule has 0 saturated carbocycles. The van der Waals surface area contributed by atoms with Crippen LogP contribution in [0.25, 0.3) is 10.9 Å². The van der Waals surface area contributed by atoms with E-state index in [2.05, 4.69) is 155 Å². The number of fused-ring (bicyclic) bond motifs is 1. The van der Waals surface area contributed by atoms with E-state index in [0.717, 1.165) is 6.54 Å². The standard InChI is InChI=1S/C33H46B.C13H16N/c1-5-6-7-8-9-10-11-12-13-14-27-34(31-21-15-28(2)16-22-31,32-23-17-29(3)18-24-32)33-25-19-30(4)20-26-33;1-2-3-10-14-11-6-8-12-7-4-5-9-13(12)14/h15-26H,5-14,27H2,1-4H3;4-9,11H,2-3,10H2,1H3/q-1;+1. The summed E-state index contributed by atoms with van der Waals surface area (Å²) in [6.07, 6.45) is 18.7. The van der Waals surface area contributed by atoms with Gasteiger partial charge in [-0.05, 0) is 32.9 Å². The van der Waals surface area contributed by atoms with Gasteiger partial charge in [-0.15, -0.1) is 0 Å². The highest BCUT2D eigenvalue weighted by atomic mass is 14.9. The van der Waals surface area contributed by atoms with Gasteiger partial charge in [-0.3, -0.25) is 0 Å². The van der Waals surface area contributed by atoms with E-state index in [-0.39, 0.29) is 0 Å². The lowest BCUT2D eigenvalue weighted by molar-refractivity contribution is -0.671.